The Labute approximate surface area is 88.3 Å². The highest BCUT2D eigenvalue weighted by molar-refractivity contribution is 6.30. The highest BCUT2D eigenvalue weighted by Crippen LogP contribution is 2.30. The van der Waals surface area contributed by atoms with Gasteiger partial charge in [0.2, 0.25) is 0 Å². The molecule has 1 aromatic carbocycles. The van der Waals surface area contributed by atoms with Crippen molar-refractivity contribution in [3.05, 3.63) is 29.0 Å². The molecule has 14 heavy (non-hydrogen) atoms. The van der Waals surface area contributed by atoms with Crippen LogP contribution in [0, 0.1) is 11.7 Å². The number of rotatable bonds is 2. The van der Waals surface area contributed by atoms with E-state index in [4.69, 9.17) is 11.6 Å². The fraction of sp³-hybridized carbons (Fsp3) is 0.455. The van der Waals surface area contributed by atoms with Crippen LogP contribution >= 0.6 is 11.6 Å². The second-order valence-corrected chi connectivity index (χ2v) is 4.51. The van der Waals surface area contributed by atoms with Crippen LogP contribution < -0.4 is 5.32 Å². The minimum absolute atomic E-state index is 0.285. The van der Waals surface area contributed by atoms with E-state index in [0.29, 0.717) is 11.1 Å². The van der Waals surface area contributed by atoms with E-state index in [-0.39, 0.29) is 5.82 Å². The molecule has 0 spiro atoms. The van der Waals surface area contributed by atoms with E-state index in [0.717, 1.165) is 24.4 Å². The third-order valence-corrected chi connectivity index (χ3v) is 2.83. The molecule has 0 heterocycles. The summed E-state index contributed by atoms with van der Waals surface area (Å²) < 4.78 is 13.0. The minimum atomic E-state index is -0.285. The normalized spacial score (nSPS) is 25.6. The van der Waals surface area contributed by atoms with Crippen LogP contribution in [0.2, 0.25) is 5.02 Å². The van der Waals surface area contributed by atoms with Gasteiger partial charge < -0.3 is 5.32 Å². The second kappa shape index (κ2) is 3.77. The molecule has 1 fully saturated rings. The number of hydrogen-bond donors (Lipinski definition) is 1. The van der Waals surface area contributed by atoms with Crippen LogP contribution in [0.1, 0.15) is 19.8 Å². The zero-order valence-electron chi connectivity index (χ0n) is 8.06. The van der Waals surface area contributed by atoms with Gasteiger partial charge in [0.05, 0.1) is 0 Å². The third-order valence-electron chi connectivity index (χ3n) is 2.61. The van der Waals surface area contributed by atoms with E-state index in [1.807, 2.05) is 0 Å². The van der Waals surface area contributed by atoms with Crippen LogP contribution in [0.5, 0.6) is 0 Å². The summed E-state index contributed by atoms with van der Waals surface area (Å²) in [5.41, 5.74) is 0.784. The Kier molecular flexibility index (Phi) is 2.64. The van der Waals surface area contributed by atoms with Crippen molar-refractivity contribution in [1.29, 1.82) is 0 Å². The molecule has 1 saturated carbocycles. The van der Waals surface area contributed by atoms with Crippen molar-refractivity contribution in [3.63, 3.8) is 0 Å². The maximum Gasteiger partial charge on any atom is 0.126 e. The first kappa shape index (κ1) is 9.78. The van der Waals surface area contributed by atoms with Crippen LogP contribution in [0.3, 0.4) is 0 Å². The number of benzene rings is 1. The average molecular weight is 214 g/mol. The van der Waals surface area contributed by atoms with Crippen LogP contribution in [0.25, 0.3) is 0 Å². The van der Waals surface area contributed by atoms with Crippen molar-refractivity contribution in [2.24, 2.45) is 5.92 Å². The third kappa shape index (κ3) is 2.18. The second-order valence-electron chi connectivity index (χ2n) is 4.08. The van der Waals surface area contributed by atoms with Crippen molar-refractivity contribution < 1.29 is 4.39 Å². The molecule has 1 nitrogen and oxygen atoms in total. The molecule has 0 aliphatic heterocycles. The monoisotopic (exact) mass is 213 g/mol. The van der Waals surface area contributed by atoms with E-state index < -0.39 is 0 Å². The Balaban J connectivity index is 2.02. The van der Waals surface area contributed by atoms with Crippen molar-refractivity contribution in [2.45, 2.75) is 25.8 Å². The topological polar surface area (TPSA) is 12.0 Å². The molecule has 1 aromatic rings. The lowest BCUT2D eigenvalue weighted by atomic mass is 9.82. The Morgan fingerprint density at radius 1 is 1.36 bits per heavy atom. The van der Waals surface area contributed by atoms with Crippen LogP contribution in [0.15, 0.2) is 18.2 Å². The predicted octanol–water partition coefficient (Wildman–Crippen LogP) is 3.69. The summed E-state index contributed by atoms with van der Waals surface area (Å²) in [6.45, 7) is 2.22. The maximum absolute atomic E-state index is 13.0. The lowest BCUT2D eigenvalue weighted by Gasteiger charge is -2.34. The molecule has 3 heteroatoms. The van der Waals surface area contributed by atoms with Crippen molar-refractivity contribution in [2.75, 3.05) is 5.32 Å². The molecule has 0 aromatic heterocycles. The maximum atomic E-state index is 13.0. The van der Waals surface area contributed by atoms with Crippen LogP contribution in [-0.4, -0.2) is 6.04 Å². The van der Waals surface area contributed by atoms with Crippen LogP contribution in [0.4, 0.5) is 10.1 Å². The van der Waals surface area contributed by atoms with Gasteiger partial charge in [0.1, 0.15) is 5.82 Å². The molecule has 1 N–H and O–H groups in total. The van der Waals surface area contributed by atoms with E-state index in [2.05, 4.69) is 12.2 Å². The smallest absolute Gasteiger partial charge is 0.126 e. The number of nitrogens with one attached hydrogen (secondary N) is 1. The first-order valence-electron chi connectivity index (χ1n) is 4.86. The highest BCUT2D eigenvalue weighted by atomic mass is 35.5. The van der Waals surface area contributed by atoms with Crippen molar-refractivity contribution in [1.82, 2.24) is 0 Å². The molecule has 0 saturated heterocycles. The highest BCUT2D eigenvalue weighted by Gasteiger charge is 2.24. The summed E-state index contributed by atoms with van der Waals surface area (Å²) in [6.07, 6.45) is 2.32. The average Bonchev–Trinajstić information content (AvgIpc) is 1.99. The van der Waals surface area contributed by atoms with Crippen molar-refractivity contribution in [3.8, 4) is 0 Å². The van der Waals surface area contributed by atoms with E-state index in [1.54, 1.807) is 6.07 Å². The zero-order chi connectivity index (χ0) is 10.1. The summed E-state index contributed by atoms with van der Waals surface area (Å²) >= 11 is 5.74. The zero-order valence-corrected chi connectivity index (χ0v) is 8.81. The lowest BCUT2D eigenvalue weighted by molar-refractivity contribution is 0.309. The minimum Gasteiger partial charge on any atom is -0.382 e. The summed E-state index contributed by atoms with van der Waals surface area (Å²) in [7, 11) is 0. The lowest BCUT2D eigenvalue weighted by Crippen LogP contribution is -2.33. The van der Waals surface area contributed by atoms with Crippen molar-refractivity contribution >= 4 is 17.3 Å². The molecular formula is C11H13ClFN. The molecule has 1 aliphatic rings. The molecule has 76 valence electrons. The van der Waals surface area contributed by atoms with Gasteiger partial charge in [0.25, 0.3) is 0 Å². The largest absolute Gasteiger partial charge is 0.382 e. The molecule has 2 rings (SSSR count). The van der Waals surface area contributed by atoms with Gasteiger partial charge in [-0.05, 0) is 37.0 Å². The van der Waals surface area contributed by atoms with Gasteiger partial charge in [-0.1, -0.05) is 18.5 Å². The Morgan fingerprint density at radius 3 is 2.64 bits per heavy atom. The van der Waals surface area contributed by atoms with E-state index >= 15 is 0 Å². The molecule has 0 atom stereocenters. The molecular weight excluding hydrogens is 201 g/mol. The molecule has 1 aliphatic carbocycles. The molecule has 0 bridgehead atoms. The Morgan fingerprint density at radius 2 is 2.07 bits per heavy atom. The first-order chi connectivity index (χ1) is 6.63. The number of hydrogen-bond acceptors (Lipinski definition) is 1. The van der Waals surface area contributed by atoms with Gasteiger partial charge in [0.15, 0.2) is 0 Å². The van der Waals surface area contributed by atoms with Crippen LogP contribution in [-0.2, 0) is 0 Å². The van der Waals surface area contributed by atoms with Gasteiger partial charge in [-0.15, -0.1) is 0 Å². The SMILES string of the molecule is CC1CC(Nc2cc(F)cc(Cl)c2)C1. The summed E-state index contributed by atoms with van der Waals surface area (Å²) in [5, 5.41) is 3.71. The van der Waals surface area contributed by atoms with E-state index in [9.17, 15) is 4.39 Å². The fourth-order valence-electron chi connectivity index (χ4n) is 1.89. The standard InChI is InChI=1S/C11H13ClFN/c1-7-2-10(3-7)14-11-5-8(12)4-9(13)6-11/h4-7,10,14H,2-3H2,1H3. The van der Waals surface area contributed by atoms with E-state index in [1.165, 1.54) is 12.1 Å². The predicted molar refractivity (Wildman–Crippen MR) is 57.2 cm³/mol. The van der Waals surface area contributed by atoms with Gasteiger partial charge >= 0.3 is 0 Å². The number of halogens is 2. The summed E-state index contributed by atoms with van der Waals surface area (Å²) in [4.78, 5) is 0. The molecule has 0 radical (unpaired) electrons. The van der Waals surface area contributed by atoms with Gasteiger partial charge in [-0.3, -0.25) is 0 Å². The number of anilines is 1. The quantitative estimate of drug-likeness (QED) is 0.790. The molecule has 0 amide bonds. The fourth-order valence-corrected chi connectivity index (χ4v) is 2.11. The van der Waals surface area contributed by atoms with Gasteiger partial charge in [0, 0.05) is 16.8 Å². The first-order valence-corrected chi connectivity index (χ1v) is 5.24. The summed E-state index contributed by atoms with van der Waals surface area (Å²) in [5.74, 6) is 0.504. The molecule has 0 unspecified atom stereocenters. The summed E-state index contributed by atoms with van der Waals surface area (Å²) in [6, 6.07) is 5.04. The Bertz CT molecular complexity index is 314. The Hall–Kier alpha value is -0.760. The van der Waals surface area contributed by atoms with Gasteiger partial charge in [-0.25, -0.2) is 4.39 Å². The van der Waals surface area contributed by atoms with Gasteiger partial charge in [-0.2, -0.15) is 0 Å².